The summed E-state index contributed by atoms with van der Waals surface area (Å²) in [5.74, 6) is 0.695. The van der Waals surface area contributed by atoms with Crippen molar-refractivity contribution in [3.05, 3.63) is 24.3 Å². The van der Waals surface area contributed by atoms with Crippen LogP contribution in [0, 0.1) is 5.92 Å². The van der Waals surface area contributed by atoms with Gasteiger partial charge in [-0.3, -0.25) is 0 Å². The zero-order valence-electron chi connectivity index (χ0n) is 9.52. The van der Waals surface area contributed by atoms with Crippen LogP contribution in [0.1, 0.15) is 25.7 Å². The highest BCUT2D eigenvalue weighted by Crippen LogP contribution is 2.24. The van der Waals surface area contributed by atoms with Crippen molar-refractivity contribution in [2.45, 2.75) is 31.8 Å². The molecule has 1 aromatic rings. The van der Waals surface area contributed by atoms with Gasteiger partial charge >= 0.3 is 0 Å². The van der Waals surface area contributed by atoms with E-state index in [0.29, 0.717) is 5.92 Å². The smallest absolute Gasteiger partial charge is 0.0540 e. The molecular formula is C13H20N2O. The Morgan fingerprint density at radius 2 is 1.75 bits per heavy atom. The molecule has 4 N–H and O–H groups in total. The third-order valence-corrected chi connectivity index (χ3v) is 3.32. The Balaban J connectivity index is 1.77. The van der Waals surface area contributed by atoms with E-state index in [1.54, 1.807) is 0 Å². The number of benzene rings is 1. The van der Waals surface area contributed by atoms with Crippen LogP contribution < -0.4 is 11.1 Å². The van der Waals surface area contributed by atoms with Crippen molar-refractivity contribution in [2.24, 2.45) is 5.92 Å². The second-order valence-electron chi connectivity index (χ2n) is 4.68. The summed E-state index contributed by atoms with van der Waals surface area (Å²) in [6, 6.07) is 7.83. The molecule has 0 aromatic heterocycles. The lowest BCUT2D eigenvalue weighted by Crippen LogP contribution is -2.23. The summed E-state index contributed by atoms with van der Waals surface area (Å²) in [6.07, 6.45) is 4.10. The second kappa shape index (κ2) is 5.21. The summed E-state index contributed by atoms with van der Waals surface area (Å²) in [5.41, 5.74) is 7.55. The molecule has 0 heterocycles. The average Bonchev–Trinajstić information content (AvgIpc) is 2.30. The predicted molar refractivity (Wildman–Crippen MR) is 67.3 cm³/mol. The highest BCUT2D eigenvalue weighted by molar-refractivity contribution is 5.51. The monoisotopic (exact) mass is 220 g/mol. The first-order valence-electron chi connectivity index (χ1n) is 6.01. The Kier molecular flexibility index (Phi) is 3.67. The fourth-order valence-corrected chi connectivity index (χ4v) is 2.21. The Labute approximate surface area is 96.7 Å². The van der Waals surface area contributed by atoms with Crippen molar-refractivity contribution >= 4 is 11.4 Å². The quantitative estimate of drug-likeness (QED) is 0.685. The van der Waals surface area contributed by atoms with Crippen molar-refractivity contribution in [3.8, 4) is 0 Å². The van der Waals surface area contributed by atoms with Gasteiger partial charge in [-0.1, -0.05) is 0 Å². The topological polar surface area (TPSA) is 58.3 Å². The molecule has 1 aliphatic carbocycles. The molecule has 1 saturated carbocycles. The van der Waals surface area contributed by atoms with Crippen LogP contribution in [0.4, 0.5) is 11.4 Å². The molecule has 0 amide bonds. The number of hydrogen-bond acceptors (Lipinski definition) is 3. The van der Waals surface area contributed by atoms with Gasteiger partial charge in [0.15, 0.2) is 0 Å². The highest BCUT2D eigenvalue weighted by Gasteiger charge is 2.18. The Morgan fingerprint density at radius 3 is 2.38 bits per heavy atom. The van der Waals surface area contributed by atoms with Crippen LogP contribution in [-0.4, -0.2) is 17.8 Å². The minimum Gasteiger partial charge on any atom is -0.399 e. The molecule has 1 aliphatic rings. The molecule has 0 radical (unpaired) electrons. The fourth-order valence-electron chi connectivity index (χ4n) is 2.21. The van der Waals surface area contributed by atoms with Crippen LogP contribution in [0.5, 0.6) is 0 Å². The maximum Gasteiger partial charge on any atom is 0.0540 e. The number of anilines is 2. The molecule has 3 heteroatoms. The van der Waals surface area contributed by atoms with E-state index in [1.807, 2.05) is 24.3 Å². The molecule has 0 atom stereocenters. The van der Waals surface area contributed by atoms with Crippen LogP contribution in [0.2, 0.25) is 0 Å². The zero-order chi connectivity index (χ0) is 11.4. The van der Waals surface area contributed by atoms with Gasteiger partial charge in [-0.15, -0.1) is 0 Å². The van der Waals surface area contributed by atoms with E-state index in [9.17, 15) is 5.11 Å². The van der Waals surface area contributed by atoms with Crippen LogP contribution in [0.15, 0.2) is 24.3 Å². The van der Waals surface area contributed by atoms with E-state index in [4.69, 9.17) is 5.73 Å². The normalized spacial score (nSPS) is 25.3. The lowest BCUT2D eigenvalue weighted by Gasteiger charge is -2.25. The summed E-state index contributed by atoms with van der Waals surface area (Å²) >= 11 is 0. The van der Waals surface area contributed by atoms with Crippen LogP contribution in [-0.2, 0) is 0 Å². The molecular weight excluding hydrogens is 200 g/mol. The van der Waals surface area contributed by atoms with Crippen molar-refractivity contribution < 1.29 is 5.11 Å². The average molecular weight is 220 g/mol. The molecule has 0 saturated heterocycles. The van der Waals surface area contributed by atoms with E-state index >= 15 is 0 Å². The van der Waals surface area contributed by atoms with Gasteiger partial charge in [0.1, 0.15) is 0 Å². The lowest BCUT2D eigenvalue weighted by atomic mass is 9.87. The molecule has 2 rings (SSSR count). The maximum absolute atomic E-state index is 9.41. The lowest BCUT2D eigenvalue weighted by molar-refractivity contribution is 0.111. The van der Waals surface area contributed by atoms with E-state index in [0.717, 1.165) is 43.6 Å². The summed E-state index contributed by atoms with van der Waals surface area (Å²) in [5, 5.41) is 12.8. The van der Waals surface area contributed by atoms with Crippen molar-refractivity contribution in [2.75, 3.05) is 17.6 Å². The molecule has 0 spiro atoms. The zero-order valence-corrected chi connectivity index (χ0v) is 9.52. The van der Waals surface area contributed by atoms with Crippen LogP contribution in [0.3, 0.4) is 0 Å². The number of aliphatic hydroxyl groups excluding tert-OH is 1. The van der Waals surface area contributed by atoms with E-state index < -0.39 is 0 Å². The van der Waals surface area contributed by atoms with Gasteiger partial charge in [-0.2, -0.15) is 0 Å². The Morgan fingerprint density at radius 1 is 1.12 bits per heavy atom. The fraction of sp³-hybridized carbons (Fsp3) is 0.538. The first-order valence-corrected chi connectivity index (χ1v) is 6.01. The van der Waals surface area contributed by atoms with Crippen LogP contribution >= 0.6 is 0 Å². The largest absolute Gasteiger partial charge is 0.399 e. The molecule has 1 fully saturated rings. The van der Waals surface area contributed by atoms with Gasteiger partial charge in [-0.25, -0.2) is 0 Å². The van der Waals surface area contributed by atoms with E-state index in [-0.39, 0.29) is 6.10 Å². The molecule has 88 valence electrons. The van der Waals surface area contributed by atoms with Gasteiger partial charge in [-0.05, 0) is 55.9 Å². The first-order chi connectivity index (χ1) is 7.74. The maximum atomic E-state index is 9.41. The van der Waals surface area contributed by atoms with Gasteiger partial charge < -0.3 is 16.2 Å². The molecule has 0 unspecified atom stereocenters. The second-order valence-corrected chi connectivity index (χ2v) is 4.68. The van der Waals surface area contributed by atoms with Crippen molar-refractivity contribution in [1.29, 1.82) is 0 Å². The van der Waals surface area contributed by atoms with Crippen molar-refractivity contribution in [3.63, 3.8) is 0 Å². The molecule has 1 aromatic carbocycles. The first kappa shape index (κ1) is 11.3. The number of hydrogen-bond donors (Lipinski definition) is 3. The van der Waals surface area contributed by atoms with Gasteiger partial charge in [0.2, 0.25) is 0 Å². The van der Waals surface area contributed by atoms with E-state index in [1.165, 1.54) is 0 Å². The molecule has 16 heavy (non-hydrogen) atoms. The number of nitrogen functional groups attached to an aromatic ring is 1. The summed E-state index contributed by atoms with van der Waals surface area (Å²) < 4.78 is 0. The minimum absolute atomic E-state index is 0.0622. The number of rotatable bonds is 3. The highest BCUT2D eigenvalue weighted by atomic mass is 16.3. The Hall–Kier alpha value is -1.22. The summed E-state index contributed by atoms with van der Waals surface area (Å²) in [4.78, 5) is 0. The number of nitrogens with two attached hydrogens (primary N) is 1. The molecule has 0 aliphatic heterocycles. The standard InChI is InChI=1S/C13H20N2O/c14-11-3-5-12(6-4-11)15-9-10-1-7-13(16)8-2-10/h3-6,10,13,15-16H,1-2,7-9,14H2. The van der Waals surface area contributed by atoms with Gasteiger partial charge in [0, 0.05) is 17.9 Å². The third kappa shape index (κ3) is 3.14. The van der Waals surface area contributed by atoms with E-state index in [2.05, 4.69) is 5.32 Å². The predicted octanol–water partition coefficient (Wildman–Crippen LogP) is 2.23. The minimum atomic E-state index is -0.0622. The van der Waals surface area contributed by atoms with Crippen LogP contribution in [0.25, 0.3) is 0 Å². The summed E-state index contributed by atoms with van der Waals surface area (Å²) in [7, 11) is 0. The Bertz CT molecular complexity index is 315. The van der Waals surface area contributed by atoms with Gasteiger partial charge in [0.25, 0.3) is 0 Å². The van der Waals surface area contributed by atoms with Gasteiger partial charge in [0.05, 0.1) is 6.10 Å². The summed E-state index contributed by atoms with van der Waals surface area (Å²) in [6.45, 7) is 0.997. The molecule has 0 bridgehead atoms. The molecule has 3 nitrogen and oxygen atoms in total. The third-order valence-electron chi connectivity index (χ3n) is 3.32. The number of nitrogens with one attached hydrogen (secondary N) is 1. The number of aliphatic hydroxyl groups is 1. The SMILES string of the molecule is Nc1ccc(NCC2CCC(O)CC2)cc1. The van der Waals surface area contributed by atoms with Crippen molar-refractivity contribution in [1.82, 2.24) is 0 Å².